The molecule has 0 saturated heterocycles. The minimum Gasteiger partial charge on any atom is -0.289 e. The fraction of sp³-hybridized carbons (Fsp3) is 0.222. The molecule has 1 aliphatic rings. The first-order valence-corrected chi connectivity index (χ1v) is 3.83. The van der Waals surface area contributed by atoms with Gasteiger partial charge in [-0.05, 0) is 12.5 Å². The number of hydrogen-bond acceptors (Lipinski definition) is 1. The highest BCUT2D eigenvalue weighted by Crippen LogP contribution is 2.34. The number of alkyl halides is 2. The Morgan fingerprint density at radius 2 is 2.08 bits per heavy atom. The summed E-state index contributed by atoms with van der Waals surface area (Å²) in [6.45, 7) is 1.64. The molecule has 0 radical (unpaired) electrons. The summed E-state index contributed by atoms with van der Waals surface area (Å²) in [7, 11) is 0. The van der Waals surface area contributed by atoms with Gasteiger partial charge in [-0.2, -0.15) is 8.78 Å². The summed E-state index contributed by atoms with van der Waals surface area (Å²) >= 11 is 0. The predicted molar refractivity (Wildman–Crippen MR) is 42.5 cm³/mol. The molecule has 0 aliphatic carbocycles. The normalized spacial score (nSPS) is 18.2. The molecule has 0 aromatic heterocycles. The van der Waals surface area contributed by atoms with Crippen molar-refractivity contribution in [1.82, 2.24) is 5.32 Å². The smallest absolute Gasteiger partial charge is 0.289 e. The number of rotatable bonds is 0. The molecule has 1 N–H and O–H groups in total. The van der Waals surface area contributed by atoms with Crippen LogP contribution in [0.5, 0.6) is 0 Å². The summed E-state index contributed by atoms with van der Waals surface area (Å²) in [6.07, 6.45) is 0. The molecule has 13 heavy (non-hydrogen) atoms. The zero-order valence-electron chi connectivity index (χ0n) is 6.90. The largest absolute Gasteiger partial charge is 0.353 e. The maximum Gasteiger partial charge on any atom is 0.353 e. The van der Waals surface area contributed by atoms with Crippen molar-refractivity contribution in [3.05, 3.63) is 34.9 Å². The zero-order valence-corrected chi connectivity index (χ0v) is 6.90. The lowest BCUT2D eigenvalue weighted by Crippen LogP contribution is -2.29. The minimum absolute atomic E-state index is 0.104. The number of carbonyl (C=O) groups is 1. The van der Waals surface area contributed by atoms with Crippen LogP contribution in [0.25, 0.3) is 0 Å². The Hall–Kier alpha value is -1.45. The van der Waals surface area contributed by atoms with Crippen molar-refractivity contribution >= 4 is 5.91 Å². The first-order valence-electron chi connectivity index (χ1n) is 3.83. The topological polar surface area (TPSA) is 29.1 Å². The van der Waals surface area contributed by atoms with E-state index in [1.807, 2.05) is 0 Å². The molecule has 0 bridgehead atoms. The van der Waals surface area contributed by atoms with Crippen molar-refractivity contribution in [2.45, 2.75) is 13.0 Å². The van der Waals surface area contributed by atoms with E-state index in [0.29, 0.717) is 5.56 Å². The minimum atomic E-state index is -3.21. The van der Waals surface area contributed by atoms with Crippen molar-refractivity contribution in [3.63, 3.8) is 0 Å². The van der Waals surface area contributed by atoms with Crippen LogP contribution in [0.3, 0.4) is 0 Å². The van der Waals surface area contributed by atoms with Crippen LogP contribution < -0.4 is 5.32 Å². The standard InChI is InChI=1S/C9H7F2NO/c1-5-3-2-4-6-7(5)8(13)12-9(6,10)11/h2-4H,1H3,(H,12,13). The third kappa shape index (κ3) is 1.02. The van der Waals surface area contributed by atoms with Crippen LogP contribution in [-0.4, -0.2) is 5.91 Å². The van der Waals surface area contributed by atoms with Gasteiger partial charge >= 0.3 is 6.05 Å². The van der Waals surface area contributed by atoms with Gasteiger partial charge in [-0.3, -0.25) is 10.1 Å². The number of benzene rings is 1. The highest BCUT2D eigenvalue weighted by atomic mass is 19.3. The molecule has 1 heterocycles. The van der Waals surface area contributed by atoms with E-state index >= 15 is 0 Å². The fourth-order valence-corrected chi connectivity index (χ4v) is 1.50. The van der Waals surface area contributed by atoms with E-state index in [1.165, 1.54) is 12.1 Å². The van der Waals surface area contributed by atoms with Gasteiger partial charge in [0.2, 0.25) is 0 Å². The highest BCUT2D eigenvalue weighted by molar-refractivity contribution is 6.00. The number of aryl methyl sites for hydroxylation is 1. The van der Waals surface area contributed by atoms with E-state index in [0.717, 1.165) is 0 Å². The fourth-order valence-electron chi connectivity index (χ4n) is 1.50. The van der Waals surface area contributed by atoms with Gasteiger partial charge in [0, 0.05) is 0 Å². The van der Waals surface area contributed by atoms with E-state index in [1.54, 1.807) is 18.3 Å². The predicted octanol–water partition coefficient (Wildman–Crippen LogP) is 1.79. The van der Waals surface area contributed by atoms with E-state index in [9.17, 15) is 13.6 Å². The second-order valence-electron chi connectivity index (χ2n) is 3.03. The van der Waals surface area contributed by atoms with Gasteiger partial charge in [0.15, 0.2) is 0 Å². The van der Waals surface area contributed by atoms with Crippen LogP contribution in [0.4, 0.5) is 8.78 Å². The van der Waals surface area contributed by atoms with Gasteiger partial charge in [-0.15, -0.1) is 0 Å². The molecule has 1 aromatic carbocycles. The Labute approximate surface area is 73.6 Å². The first kappa shape index (κ1) is 8.16. The zero-order chi connectivity index (χ0) is 9.64. The Morgan fingerprint density at radius 1 is 1.38 bits per heavy atom. The number of halogens is 2. The van der Waals surface area contributed by atoms with Gasteiger partial charge in [0.25, 0.3) is 5.91 Å². The van der Waals surface area contributed by atoms with Crippen molar-refractivity contribution in [3.8, 4) is 0 Å². The molecule has 0 unspecified atom stereocenters. The Balaban J connectivity index is 2.72. The van der Waals surface area contributed by atoms with Gasteiger partial charge in [0.1, 0.15) is 0 Å². The molecule has 1 amide bonds. The number of amides is 1. The van der Waals surface area contributed by atoms with Crippen LogP contribution in [-0.2, 0) is 6.05 Å². The van der Waals surface area contributed by atoms with Crippen molar-refractivity contribution in [2.75, 3.05) is 0 Å². The average molecular weight is 183 g/mol. The van der Waals surface area contributed by atoms with Crippen molar-refractivity contribution in [1.29, 1.82) is 0 Å². The van der Waals surface area contributed by atoms with Crippen molar-refractivity contribution in [2.24, 2.45) is 0 Å². The van der Waals surface area contributed by atoms with E-state index < -0.39 is 12.0 Å². The highest BCUT2D eigenvalue weighted by Gasteiger charge is 2.44. The summed E-state index contributed by atoms with van der Waals surface area (Å²) in [5.41, 5.74) is 0.456. The molecule has 0 spiro atoms. The molecule has 4 heteroatoms. The number of nitrogens with one attached hydrogen (secondary N) is 1. The molecule has 0 saturated carbocycles. The molecule has 0 fully saturated rings. The van der Waals surface area contributed by atoms with Gasteiger partial charge in [-0.1, -0.05) is 18.2 Å². The monoisotopic (exact) mass is 183 g/mol. The van der Waals surface area contributed by atoms with Gasteiger partial charge < -0.3 is 0 Å². The van der Waals surface area contributed by atoms with Crippen LogP contribution in [0, 0.1) is 6.92 Å². The number of fused-ring (bicyclic) bond motifs is 1. The van der Waals surface area contributed by atoms with Crippen LogP contribution in [0.2, 0.25) is 0 Å². The average Bonchev–Trinajstić information content (AvgIpc) is 2.24. The van der Waals surface area contributed by atoms with Crippen LogP contribution in [0.15, 0.2) is 18.2 Å². The summed E-state index contributed by atoms with van der Waals surface area (Å²) in [4.78, 5) is 11.1. The third-order valence-corrected chi connectivity index (χ3v) is 2.11. The van der Waals surface area contributed by atoms with Crippen LogP contribution >= 0.6 is 0 Å². The van der Waals surface area contributed by atoms with Gasteiger partial charge in [-0.25, -0.2) is 0 Å². The Morgan fingerprint density at radius 3 is 2.69 bits per heavy atom. The van der Waals surface area contributed by atoms with E-state index in [-0.39, 0.29) is 11.1 Å². The molecular weight excluding hydrogens is 176 g/mol. The second-order valence-corrected chi connectivity index (χ2v) is 3.03. The SMILES string of the molecule is Cc1cccc2c1C(=O)NC2(F)F. The second kappa shape index (κ2) is 2.28. The van der Waals surface area contributed by atoms with E-state index in [2.05, 4.69) is 0 Å². The van der Waals surface area contributed by atoms with Gasteiger partial charge in [0.05, 0.1) is 11.1 Å². The lowest BCUT2D eigenvalue weighted by Gasteiger charge is -2.08. The first-order chi connectivity index (χ1) is 6.02. The summed E-state index contributed by atoms with van der Waals surface area (Å²) in [5, 5.41) is 1.63. The molecule has 1 aliphatic heterocycles. The van der Waals surface area contributed by atoms with E-state index in [4.69, 9.17) is 0 Å². The number of carbonyl (C=O) groups excluding carboxylic acids is 1. The number of hydrogen-bond donors (Lipinski definition) is 1. The molecule has 0 atom stereocenters. The lowest BCUT2D eigenvalue weighted by molar-refractivity contribution is -0.0241. The molecular formula is C9H7F2NO. The molecule has 1 aromatic rings. The molecule has 68 valence electrons. The quantitative estimate of drug-likeness (QED) is 0.610. The van der Waals surface area contributed by atoms with Crippen LogP contribution in [0.1, 0.15) is 21.5 Å². The summed E-state index contributed by atoms with van der Waals surface area (Å²) in [6, 6.07) is 1.21. The molecule has 2 rings (SSSR count). The Bertz CT molecular complexity index is 387. The maximum atomic E-state index is 13.0. The lowest BCUT2D eigenvalue weighted by atomic mass is 10.0. The Kier molecular flexibility index (Phi) is 1.43. The summed E-state index contributed by atoms with van der Waals surface area (Å²) in [5.74, 6) is -0.696. The maximum absolute atomic E-state index is 13.0. The third-order valence-electron chi connectivity index (χ3n) is 2.11. The van der Waals surface area contributed by atoms with Crippen molar-refractivity contribution < 1.29 is 13.6 Å². The molecule has 2 nitrogen and oxygen atoms in total. The summed E-state index contributed by atoms with van der Waals surface area (Å²) < 4.78 is 26.1.